The number of hydrogen-bond donors (Lipinski definition) is 1. The molecular weight excluding hydrogens is 278 g/mol. The second-order valence-electron chi connectivity index (χ2n) is 7.11. The second-order valence-corrected chi connectivity index (χ2v) is 7.11. The fraction of sp³-hybridized carbons (Fsp3) is 0.556. The van der Waals surface area contributed by atoms with Crippen molar-refractivity contribution in [2.45, 2.75) is 36.5 Å². The van der Waals surface area contributed by atoms with E-state index in [9.17, 15) is 5.11 Å². The number of aliphatic hydroxyl groups is 1. The molecule has 5 rings (SSSR count). The molecule has 0 aromatic heterocycles. The van der Waals surface area contributed by atoms with Gasteiger partial charge in [-0.1, -0.05) is 18.2 Å². The van der Waals surface area contributed by atoms with E-state index in [1.54, 1.807) is 7.11 Å². The molecule has 4 aliphatic rings. The Bertz CT molecular complexity index is 685. The van der Waals surface area contributed by atoms with Crippen LogP contribution in [0.1, 0.15) is 17.5 Å². The van der Waals surface area contributed by atoms with E-state index in [1.165, 1.54) is 11.1 Å². The van der Waals surface area contributed by atoms with E-state index in [0.29, 0.717) is 12.0 Å². The van der Waals surface area contributed by atoms with Gasteiger partial charge in [-0.3, -0.25) is 0 Å². The number of benzene rings is 1. The van der Waals surface area contributed by atoms with E-state index >= 15 is 0 Å². The van der Waals surface area contributed by atoms with Crippen molar-refractivity contribution in [2.75, 3.05) is 20.7 Å². The van der Waals surface area contributed by atoms with Crippen molar-refractivity contribution < 1.29 is 14.6 Å². The Morgan fingerprint density at radius 1 is 1.36 bits per heavy atom. The first-order valence-corrected chi connectivity index (χ1v) is 8.10. The monoisotopic (exact) mass is 299 g/mol. The Balaban J connectivity index is 1.82. The number of rotatable bonds is 1. The molecule has 0 radical (unpaired) electrons. The van der Waals surface area contributed by atoms with Crippen LogP contribution < -0.4 is 9.47 Å². The lowest BCUT2D eigenvalue weighted by Crippen LogP contribution is -2.64. The number of nitrogens with zero attached hydrogens (tertiary/aromatic N) is 1. The van der Waals surface area contributed by atoms with Crippen molar-refractivity contribution in [3.8, 4) is 11.5 Å². The lowest BCUT2D eigenvalue weighted by Gasteiger charge is -2.56. The zero-order chi connectivity index (χ0) is 15.1. The second kappa shape index (κ2) is 4.06. The first-order chi connectivity index (χ1) is 10.7. The molecule has 1 unspecified atom stereocenters. The average Bonchev–Trinajstić information content (AvgIpc) is 2.88. The van der Waals surface area contributed by atoms with Crippen LogP contribution in [0.3, 0.4) is 0 Å². The fourth-order valence-corrected chi connectivity index (χ4v) is 5.39. The van der Waals surface area contributed by atoms with Crippen molar-refractivity contribution >= 4 is 0 Å². The maximum absolute atomic E-state index is 10.6. The van der Waals surface area contributed by atoms with Crippen LogP contribution in [0.15, 0.2) is 24.3 Å². The molecule has 2 aliphatic carbocycles. The van der Waals surface area contributed by atoms with E-state index < -0.39 is 6.10 Å². The molecule has 22 heavy (non-hydrogen) atoms. The van der Waals surface area contributed by atoms with E-state index in [2.05, 4.69) is 24.1 Å². The minimum absolute atomic E-state index is 0.0806. The molecule has 1 saturated heterocycles. The summed E-state index contributed by atoms with van der Waals surface area (Å²) in [4.78, 5) is 2.47. The molecule has 0 saturated carbocycles. The van der Waals surface area contributed by atoms with Crippen LogP contribution in [0, 0.1) is 5.92 Å². The number of methoxy groups -OCH3 is 1. The summed E-state index contributed by atoms with van der Waals surface area (Å²) >= 11 is 0. The van der Waals surface area contributed by atoms with Gasteiger partial charge in [0, 0.05) is 22.9 Å². The highest BCUT2D eigenvalue weighted by molar-refractivity contribution is 5.62. The van der Waals surface area contributed by atoms with Crippen molar-refractivity contribution in [3.63, 3.8) is 0 Å². The summed E-state index contributed by atoms with van der Waals surface area (Å²) in [5, 5.41) is 10.6. The van der Waals surface area contributed by atoms with Crippen molar-refractivity contribution in [1.29, 1.82) is 0 Å². The number of likely N-dealkylation sites (N-methyl/N-ethyl adjacent to an activating group) is 1. The fourth-order valence-electron chi connectivity index (χ4n) is 5.39. The summed E-state index contributed by atoms with van der Waals surface area (Å²) in [6.45, 7) is 1.05. The number of ether oxygens (including phenoxy) is 2. The van der Waals surface area contributed by atoms with Crippen molar-refractivity contribution in [1.82, 2.24) is 4.90 Å². The first kappa shape index (κ1) is 13.0. The van der Waals surface area contributed by atoms with E-state index in [1.807, 2.05) is 12.1 Å². The Morgan fingerprint density at radius 2 is 2.23 bits per heavy atom. The van der Waals surface area contributed by atoms with Gasteiger partial charge in [0.25, 0.3) is 0 Å². The highest BCUT2D eigenvalue weighted by atomic mass is 16.5. The van der Waals surface area contributed by atoms with Gasteiger partial charge in [0.15, 0.2) is 11.5 Å². The molecule has 0 amide bonds. The summed E-state index contributed by atoms with van der Waals surface area (Å²) in [6.07, 6.45) is 5.54. The van der Waals surface area contributed by atoms with E-state index in [-0.39, 0.29) is 11.5 Å². The lowest BCUT2D eigenvalue weighted by atomic mass is 9.53. The zero-order valence-electron chi connectivity index (χ0n) is 13.0. The number of piperidine rings is 1. The predicted octanol–water partition coefficient (Wildman–Crippen LogP) is 1.50. The van der Waals surface area contributed by atoms with Crippen LogP contribution in [0.4, 0.5) is 0 Å². The molecule has 5 atom stereocenters. The maximum Gasteiger partial charge on any atom is 0.165 e. The topological polar surface area (TPSA) is 41.9 Å². The van der Waals surface area contributed by atoms with Crippen LogP contribution in [0.5, 0.6) is 11.5 Å². The molecule has 1 aromatic rings. The molecule has 2 bridgehead atoms. The van der Waals surface area contributed by atoms with Crippen molar-refractivity contribution in [3.05, 3.63) is 35.4 Å². The first-order valence-electron chi connectivity index (χ1n) is 8.10. The quantitative estimate of drug-likeness (QED) is 0.798. The molecule has 4 heteroatoms. The van der Waals surface area contributed by atoms with Gasteiger partial charge in [-0.05, 0) is 38.1 Å². The third-order valence-electron chi connectivity index (χ3n) is 6.35. The predicted molar refractivity (Wildman–Crippen MR) is 82.5 cm³/mol. The maximum atomic E-state index is 10.6. The van der Waals surface area contributed by atoms with Gasteiger partial charge in [-0.15, -0.1) is 0 Å². The number of aliphatic hydroxyl groups excluding tert-OH is 1. The van der Waals surface area contributed by atoms with Crippen LogP contribution in [0.25, 0.3) is 0 Å². The Morgan fingerprint density at radius 3 is 3.05 bits per heavy atom. The smallest absolute Gasteiger partial charge is 0.165 e. The van der Waals surface area contributed by atoms with Gasteiger partial charge in [0.05, 0.1) is 7.11 Å². The SMILES string of the molecule is COc1ccc2c3c1O[C@H]1[C@@H](O)C=C[C@H]4[C@@H](C2)N(C)CCC341. The molecule has 1 fully saturated rings. The molecule has 2 heterocycles. The van der Waals surface area contributed by atoms with Crippen molar-refractivity contribution in [2.24, 2.45) is 5.92 Å². The average molecular weight is 299 g/mol. The normalized spacial score (nSPS) is 41.0. The van der Waals surface area contributed by atoms with Gasteiger partial charge < -0.3 is 19.5 Å². The van der Waals surface area contributed by atoms with Gasteiger partial charge in [0.1, 0.15) is 12.2 Å². The Kier molecular flexibility index (Phi) is 2.39. The summed E-state index contributed by atoms with van der Waals surface area (Å²) in [5.74, 6) is 2.09. The van der Waals surface area contributed by atoms with Gasteiger partial charge in [-0.2, -0.15) is 0 Å². The summed E-state index contributed by atoms with van der Waals surface area (Å²) in [6, 6.07) is 4.70. The molecular formula is C18H21NO3. The zero-order valence-corrected chi connectivity index (χ0v) is 13.0. The molecule has 1 aromatic carbocycles. The standard InChI is InChI=1S/C18H21NO3/c1-19-8-7-18-11-4-5-13(20)17(18)22-16-14(21-2)6-3-10(15(16)18)9-12(11)19/h3-6,11-13,17,20H,7-9H2,1-2H3/t11-,12+,13-,17-,18?/m0/s1. The minimum Gasteiger partial charge on any atom is -0.493 e. The summed E-state index contributed by atoms with van der Waals surface area (Å²) in [5.41, 5.74) is 2.60. The van der Waals surface area contributed by atoms with Crippen LogP contribution in [-0.2, 0) is 11.8 Å². The number of hydrogen-bond acceptors (Lipinski definition) is 4. The van der Waals surface area contributed by atoms with Gasteiger partial charge >= 0.3 is 0 Å². The largest absolute Gasteiger partial charge is 0.493 e. The van der Waals surface area contributed by atoms with Crippen LogP contribution in [0.2, 0.25) is 0 Å². The molecule has 2 aliphatic heterocycles. The van der Waals surface area contributed by atoms with Crippen LogP contribution >= 0.6 is 0 Å². The molecule has 1 spiro atoms. The third-order valence-corrected chi connectivity index (χ3v) is 6.35. The highest BCUT2D eigenvalue weighted by Gasteiger charge is 2.64. The van der Waals surface area contributed by atoms with Gasteiger partial charge in [-0.25, -0.2) is 0 Å². The summed E-state index contributed by atoms with van der Waals surface area (Å²) in [7, 11) is 3.91. The van der Waals surface area contributed by atoms with Crippen LogP contribution in [-0.4, -0.2) is 49.0 Å². The third kappa shape index (κ3) is 1.28. The van der Waals surface area contributed by atoms with E-state index in [0.717, 1.165) is 30.9 Å². The van der Waals surface area contributed by atoms with Gasteiger partial charge in [0.2, 0.25) is 0 Å². The Labute approximate surface area is 130 Å². The summed E-state index contributed by atoms with van der Waals surface area (Å²) < 4.78 is 11.8. The molecule has 116 valence electrons. The highest BCUT2D eigenvalue weighted by Crippen LogP contribution is 2.62. The van der Waals surface area contributed by atoms with E-state index in [4.69, 9.17) is 9.47 Å². The number of likely N-dealkylation sites (tertiary alicyclic amines) is 1. The molecule has 1 N–H and O–H groups in total. The lowest BCUT2D eigenvalue weighted by molar-refractivity contribution is -0.0453. The Hall–Kier alpha value is -1.52. The molecule has 4 nitrogen and oxygen atoms in total. The minimum atomic E-state index is -0.539.